The number of aliphatic hydroxyl groups is 1. The first-order valence-electron chi connectivity index (χ1n) is 6.94. The Balaban J connectivity index is 2.01. The van der Waals surface area contributed by atoms with E-state index < -0.39 is 5.60 Å². The van der Waals surface area contributed by atoms with E-state index in [0.717, 1.165) is 4.90 Å². The van der Waals surface area contributed by atoms with Gasteiger partial charge in [0.2, 0.25) is 5.78 Å². The van der Waals surface area contributed by atoms with Crippen molar-refractivity contribution in [2.45, 2.75) is 17.4 Å². The molecule has 1 aliphatic carbocycles. The van der Waals surface area contributed by atoms with Gasteiger partial charge in [0, 0.05) is 21.6 Å². The van der Waals surface area contributed by atoms with Gasteiger partial charge in [-0.1, -0.05) is 54.2 Å². The zero-order chi connectivity index (χ0) is 15.5. The number of allylic oxidation sites excluding steroid dienone is 1. The normalized spacial score (nSPS) is 23.0. The average molecular weight is 308 g/mol. The van der Waals surface area contributed by atoms with Crippen LogP contribution in [0.5, 0.6) is 0 Å². The summed E-state index contributed by atoms with van der Waals surface area (Å²) in [4.78, 5) is 26.7. The number of benzene rings is 2. The van der Waals surface area contributed by atoms with Crippen LogP contribution in [0, 0.1) is 0 Å². The summed E-state index contributed by atoms with van der Waals surface area (Å²) in [6.07, 6.45) is 0. The lowest BCUT2D eigenvalue weighted by Gasteiger charge is -2.36. The summed E-state index contributed by atoms with van der Waals surface area (Å²) in [5.74, 6) is -0.456. The molecule has 2 aromatic carbocycles. The van der Waals surface area contributed by atoms with Crippen LogP contribution < -0.4 is 0 Å². The maximum absolute atomic E-state index is 12.8. The number of hydrogen-bond donors (Lipinski definition) is 1. The van der Waals surface area contributed by atoms with Crippen LogP contribution in [-0.2, 0) is 5.60 Å². The van der Waals surface area contributed by atoms with Crippen LogP contribution in [0.2, 0.25) is 0 Å². The largest absolute Gasteiger partial charge is 0.380 e. The molecular formula is C18H12O3S. The summed E-state index contributed by atoms with van der Waals surface area (Å²) in [6, 6.07) is 14.1. The van der Waals surface area contributed by atoms with Crippen LogP contribution in [0.1, 0.15) is 33.2 Å². The minimum absolute atomic E-state index is 0.190. The third-order valence-electron chi connectivity index (χ3n) is 4.19. The summed E-state index contributed by atoms with van der Waals surface area (Å²) >= 11 is 1.27. The topological polar surface area (TPSA) is 54.4 Å². The van der Waals surface area contributed by atoms with Crippen molar-refractivity contribution in [1.29, 1.82) is 0 Å². The lowest BCUT2D eigenvalue weighted by molar-refractivity contribution is 0.0729. The number of rotatable bonds is 0. The monoisotopic (exact) mass is 308 g/mol. The minimum atomic E-state index is -1.46. The van der Waals surface area contributed by atoms with Gasteiger partial charge in [0.05, 0.1) is 10.5 Å². The molecule has 1 aliphatic heterocycles. The van der Waals surface area contributed by atoms with Crippen LogP contribution in [0.15, 0.2) is 63.9 Å². The van der Waals surface area contributed by atoms with Gasteiger partial charge >= 0.3 is 0 Å². The Bertz CT molecular complexity index is 877. The molecule has 0 saturated heterocycles. The van der Waals surface area contributed by atoms with Crippen molar-refractivity contribution in [3.63, 3.8) is 0 Å². The molecule has 0 spiro atoms. The molecule has 1 unspecified atom stereocenters. The zero-order valence-electron chi connectivity index (χ0n) is 11.8. The predicted molar refractivity (Wildman–Crippen MR) is 84.0 cm³/mol. The van der Waals surface area contributed by atoms with Crippen LogP contribution in [0.3, 0.4) is 0 Å². The van der Waals surface area contributed by atoms with E-state index in [1.165, 1.54) is 11.8 Å². The third kappa shape index (κ3) is 1.62. The zero-order valence-corrected chi connectivity index (χ0v) is 12.6. The lowest BCUT2D eigenvalue weighted by atomic mass is 9.78. The van der Waals surface area contributed by atoms with Gasteiger partial charge in [-0.05, 0) is 13.0 Å². The van der Waals surface area contributed by atoms with Gasteiger partial charge in [-0.2, -0.15) is 0 Å². The Morgan fingerprint density at radius 3 is 2.23 bits per heavy atom. The molecule has 2 aromatic rings. The maximum atomic E-state index is 12.8. The Morgan fingerprint density at radius 2 is 1.50 bits per heavy atom. The van der Waals surface area contributed by atoms with Crippen molar-refractivity contribution < 1.29 is 14.7 Å². The highest BCUT2D eigenvalue weighted by Crippen LogP contribution is 2.50. The first-order chi connectivity index (χ1) is 10.5. The number of ketones is 2. The molecule has 4 rings (SSSR count). The molecule has 0 saturated carbocycles. The van der Waals surface area contributed by atoms with E-state index in [9.17, 15) is 14.7 Å². The van der Waals surface area contributed by atoms with E-state index >= 15 is 0 Å². The number of carbonyl (C=O) groups excluding carboxylic acids is 2. The predicted octanol–water partition coefficient (Wildman–Crippen LogP) is 3.33. The summed E-state index contributed by atoms with van der Waals surface area (Å²) in [7, 11) is 0. The van der Waals surface area contributed by atoms with E-state index in [1.807, 2.05) is 18.2 Å². The summed E-state index contributed by atoms with van der Waals surface area (Å²) in [6.45, 7) is 1.58. The Hall–Kier alpha value is -2.17. The van der Waals surface area contributed by atoms with Crippen molar-refractivity contribution in [2.75, 3.05) is 0 Å². The van der Waals surface area contributed by atoms with Gasteiger partial charge in [0.1, 0.15) is 5.60 Å². The molecule has 0 fully saturated rings. The van der Waals surface area contributed by atoms with Crippen molar-refractivity contribution in [2.24, 2.45) is 0 Å². The van der Waals surface area contributed by atoms with E-state index in [4.69, 9.17) is 0 Å². The van der Waals surface area contributed by atoms with Gasteiger partial charge < -0.3 is 5.11 Å². The molecular weight excluding hydrogens is 296 g/mol. The molecule has 0 bridgehead atoms. The highest BCUT2D eigenvalue weighted by Gasteiger charge is 2.46. The van der Waals surface area contributed by atoms with Crippen molar-refractivity contribution in [3.05, 3.63) is 75.7 Å². The van der Waals surface area contributed by atoms with Crippen LogP contribution in [-0.4, -0.2) is 16.7 Å². The van der Waals surface area contributed by atoms with Crippen LogP contribution in [0.4, 0.5) is 0 Å². The van der Waals surface area contributed by atoms with Crippen LogP contribution >= 0.6 is 11.8 Å². The molecule has 1 heterocycles. The standard InChI is InChI=1S/C18H12O3S/c1-18(21)12-8-4-5-9-13(12)22-17-14(18)15(19)10-6-2-3-7-11(10)16(17)20/h2-9,21H,1H3. The van der Waals surface area contributed by atoms with Gasteiger partial charge in [-0.15, -0.1) is 0 Å². The molecule has 4 heteroatoms. The maximum Gasteiger partial charge on any atom is 0.200 e. The molecule has 22 heavy (non-hydrogen) atoms. The molecule has 1 N–H and O–H groups in total. The average Bonchev–Trinajstić information content (AvgIpc) is 2.52. The van der Waals surface area contributed by atoms with E-state index in [1.54, 1.807) is 37.3 Å². The fraction of sp³-hybridized carbons (Fsp3) is 0.111. The Kier molecular flexibility index (Phi) is 2.71. The first-order valence-corrected chi connectivity index (χ1v) is 7.76. The number of hydrogen-bond acceptors (Lipinski definition) is 4. The quantitative estimate of drug-likeness (QED) is 0.811. The molecule has 0 aromatic heterocycles. The van der Waals surface area contributed by atoms with Crippen molar-refractivity contribution in [1.82, 2.24) is 0 Å². The molecule has 2 aliphatic rings. The van der Waals surface area contributed by atoms with Crippen molar-refractivity contribution in [3.8, 4) is 0 Å². The Labute approximate surface area is 131 Å². The highest BCUT2D eigenvalue weighted by atomic mass is 32.2. The lowest BCUT2D eigenvalue weighted by Crippen LogP contribution is -2.37. The molecule has 0 radical (unpaired) electrons. The fourth-order valence-corrected chi connectivity index (χ4v) is 4.43. The van der Waals surface area contributed by atoms with Gasteiger partial charge in [0.15, 0.2) is 5.78 Å². The third-order valence-corrected chi connectivity index (χ3v) is 5.36. The second-order valence-corrected chi connectivity index (χ2v) is 6.63. The number of thioether (sulfide) groups is 1. The van der Waals surface area contributed by atoms with Gasteiger partial charge in [-0.3, -0.25) is 9.59 Å². The second-order valence-electron chi connectivity index (χ2n) is 5.58. The molecule has 108 valence electrons. The number of fused-ring (bicyclic) bond motifs is 2. The van der Waals surface area contributed by atoms with E-state index in [2.05, 4.69) is 0 Å². The number of carbonyl (C=O) groups is 2. The van der Waals surface area contributed by atoms with E-state index in [0.29, 0.717) is 21.6 Å². The molecule has 3 nitrogen and oxygen atoms in total. The smallest absolute Gasteiger partial charge is 0.200 e. The Morgan fingerprint density at radius 1 is 0.909 bits per heavy atom. The van der Waals surface area contributed by atoms with Gasteiger partial charge in [-0.25, -0.2) is 0 Å². The van der Waals surface area contributed by atoms with Gasteiger partial charge in [0.25, 0.3) is 0 Å². The highest BCUT2D eigenvalue weighted by molar-refractivity contribution is 8.04. The minimum Gasteiger partial charge on any atom is -0.380 e. The number of Topliss-reactive ketones (excluding diaryl/α,β-unsaturated/α-hetero) is 2. The second kappa shape index (κ2) is 4.41. The molecule has 0 amide bonds. The van der Waals surface area contributed by atoms with Crippen molar-refractivity contribution >= 4 is 23.3 Å². The summed E-state index contributed by atoms with van der Waals surface area (Å²) < 4.78 is 0. The fourth-order valence-electron chi connectivity index (χ4n) is 3.09. The molecule has 1 atom stereocenters. The van der Waals surface area contributed by atoms with E-state index in [-0.39, 0.29) is 17.1 Å². The van der Waals surface area contributed by atoms with Crippen LogP contribution in [0.25, 0.3) is 0 Å². The summed E-state index contributed by atoms with van der Waals surface area (Å²) in [5, 5.41) is 11.0. The SMILES string of the molecule is CC1(O)C2=C(Sc3ccccc31)C(=O)c1ccccc1C2=O. The first kappa shape index (κ1) is 13.5. The summed E-state index contributed by atoms with van der Waals surface area (Å²) in [5.41, 5.74) is 0.178.